The van der Waals surface area contributed by atoms with Crippen LogP contribution in [-0.4, -0.2) is 5.97 Å². The molecule has 1 rings (SSSR count). The summed E-state index contributed by atoms with van der Waals surface area (Å²) in [7, 11) is 0. The molecule has 1 aromatic rings. The van der Waals surface area contributed by atoms with Crippen molar-refractivity contribution >= 4 is 17.8 Å². The van der Waals surface area contributed by atoms with E-state index in [9.17, 15) is 4.79 Å². The molecule has 0 heterocycles. The molecule has 0 aliphatic rings. The summed E-state index contributed by atoms with van der Waals surface area (Å²) in [6, 6.07) is 9.52. The third kappa shape index (κ3) is 2.92. The van der Waals surface area contributed by atoms with Crippen molar-refractivity contribution < 1.29 is 9.08 Å². The summed E-state index contributed by atoms with van der Waals surface area (Å²) in [5.41, 5.74) is 1.36. The van der Waals surface area contributed by atoms with Crippen molar-refractivity contribution in [3.8, 4) is 0 Å². The molecule has 0 saturated carbocycles. The Labute approximate surface area is 82.0 Å². The molecule has 0 saturated heterocycles. The zero-order chi connectivity index (χ0) is 9.68. The van der Waals surface area contributed by atoms with Crippen LogP contribution in [0, 0.1) is 0 Å². The molecular weight excluding hydrogens is 188 g/mol. The number of rotatable bonds is 3. The fraction of sp³-hybridized carbons (Fsp3) is 0.100. The van der Waals surface area contributed by atoms with Crippen molar-refractivity contribution in [2.45, 2.75) is 6.42 Å². The lowest BCUT2D eigenvalue weighted by molar-refractivity contribution is -0.129. The standard InChI is InChI=1S/C10H9ClO2/c1-8(10(12)13-11)7-9-5-3-2-4-6-9/h2-6H,1,7H2. The quantitative estimate of drug-likeness (QED) is 0.695. The molecule has 0 bridgehead atoms. The van der Waals surface area contributed by atoms with E-state index in [2.05, 4.69) is 10.9 Å². The molecule has 0 spiro atoms. The molecule has 0 radical (unpaired) electrons. The zero-order valence-electron chi connectivity index (χ0n) is 7.00. The Hall–Kier alpha value is -1.28. The van der Waals surface area contributed by atoms with E-state index >= 15 is 0 Å². The zero-order valence-corrected chi connectivity index (χ0v) is 7.75. The molecule has 0 amide bonds. The van der Waals surface area contributed by atoms with Crippen molar-refractivity contribution in [2.24, 2.45) is 0 Å². The number of carbonyl (C=O) groups is 1. The van der Waals surface area contributed by atoms with Gasteiger partial charge in [0.15, 0.2) is 0 Å². The van der Waals surface area contributed by atoms with Gasteiger partial charge in [0.1, 0.15) is 11.9 Å². The van der Waals surface area contributed by atoms with E-state index in [1.165, 1.54) is 0 Å². The van der Waals surface area contributed by atoms with Gasteiger partial charge in [0.2, 0.25) is 0 Å². The summed E-state index contributed by atoms with van der Waals surface area (Å²) in [6.07, 6.45) is 0.465. The average molecular weight is 197 g/mol. The molecule has 68 valence electrons. The summed E-state index contributed by atoms with van der Waals surface area (Å²) in [6.45, 7) is 3.56. The van der Waals surface area contributed by atoms with Gasteiger partial charge in [0.05, 0.1) is 0 Å². The monoisotopic (exact) mass is 196 g/mol. The topological polar surface area (TPSA) is 26.3 Å². The van der Waals surface area contributed by atoms with Crippen LogP contribution in [0.3, 0.4) is 0 Å². The van der Waals surface area contributed by atoms with Gasteiger partial charge in [-0.2, -0.15) is 0 Å². The Morgan fingerprint density at radius 2 is 2.00 bits per heavy atom. The van der Waals surface area contributed by atoms with Gasteiger partial charge in [0.25, 0.3) is 0 Å². The largest absolute Gasteiger partial charge is 0.351 e. The van der Waals surface area contributed by atoms with E-state index in [1.54, 1.807) is 0 Å². The van der Waals surface area contributed by atoms with E-state index in [4.69, 9.17) is 11.9 Å². The minimum Gasteiger partial charge on any atom is -0.343 e. The number of benzene rings is 1. The Balaban J connectivity index is 2.60. The molecule has 0 unspecified atom stereocenters. The maximum atomic E-state index is 10.9. The van der Waals surface area contributed by atoms with Crippen molar-refractivity contribution in [1.82, 2.24) is 0 Å². The van der Waals surface area contributed by atoms with Crippen LogP contribution in [0.4, 0.5) is 0 Å². The minimum absolute atomic E-state index is 0.348. The lowest BCUT2D eigenvalue weighted by atomic mass is 10.1. The van der Waals surface area contributed by atoms with Gasteiger partial charge in [-0.3, -0.25) is 0 Å². The normalized spacial score (nSPS) is 9.31. The second-order valence-corrected chi connectivity index (χ2v) is 2.78. The van der Waals surface area contributed by atoms with Crippen LogP contribution in [-0.2, 0) is 15.5 Å². The van der Waals surface area contributed by atoms with Gasteiger partial charge in [-0.1, -0.05) is 36.9 Å². The molecule has 3 heteroatoms. The highest BCUT2D eigenvalue weighted by Crippen LogP contribution is 2.07. The maximum absolute atomic E-state index is 10.9. The minimum atomic E-state index is -0.578. The van der Waals surface area contributed by atoms with Crippen molar-refractivity contribution in [3.05, 3.63) is 48.0 Å². The summed E-state index contributed by atoms with van der Waals surface area (Å²) in [5, 5.41) is 0. The van der Waals surface area contributed by atoms with E-state index in [0.29, 0.717) is 12.0 Å². The molecule has 0 atom stereocenters. The van der Waals surface area contributed by atoms with Gasteiger partial charge in [-0.15, -0.1) is 0 Å². The Morgan fingerprint density at radius 3 is 2.54 bits per heavy atom. The third-order valence-electron chi connectivity index (χ3n) is 1.62. The highest BCUT2D eigenvalue weighted by Gasteiger charge is 2.07. The van der Waals surface area contributed by atoms with Crippen LogP contribution in [0.2, 0.25) is 0 Å². The van der Waals surface area contributed by atoms with Crippen LogP contribution in [0.5, 0.6) is 0 Å². The number of carbonyl (C=O) groups excluding carboxylic acids is 1. The summed E-state index contributed by atoms with van der Waals surface area (Å²) in [4.78, 5) is 10.9. The van der Waals surface area contributed by atoms with Crippen molar-refractivity contribution in [2.75, 3.05) is 0 Å². The van der Waals surface area contributed by atoms with E-state index in [-0.39, 0.29) is 0 Å². The number of hydrogen-bond donors (Lipinski definition) is 0. The third-order valence-corrected chi connectivity index (χ3v) is 1.76. The second-order valence-electron chi connectivity index (χ2n) is 2.63. The van der Waals surface area contributed by atoms with Gasteiger partial charge < -0.3 is 4.29 Å². The predicted molar refractivity (Wildman–Crippen MR) is 51.2 cm³/mol. The summed E-state index contributed by atoms with van der Waals surface area (Å²) in [5.74, 6) is -0.578. The van der Waals surface area contributed by atoms with Gasteiger partial charge in [-0.05, 0) is 5.56 Å². The van der Waals surface area contributed by atoms with E-state index < -0.39 is 5.97 Å². The van der Waals surface area contributed by atoms with Crippen molar-refractivity contribution in [1.29, 1.82) is 0 Å². The Morgan fingerprint density at radius 1 is 1.38 bits per heavy atom. The molecule has 0 fully saturated rings. The molecule has 13 heavy (non-hydrogen) atoms. The van der Waals surface area contributed by atoms with Crippen LogP contribution in [0.1, 0.15) is 5.56 Å². The molecular formula is C10H9ClO2. The lowest BCUT2D eigenvalue weighted by Gasteiger charge is -2.00. The highest BCUT2D eigenvalue weighted by molar-refractivity contribution is 6.15. The van der Waals surface area contributed by atoms with Gasteiger partial charge >= 0.3 is 5.97 Å². The first-order chi connectivity index (χ1) is 6.24. The molecule has 1 aromatic carbocycles. The van der Waals surface area contributed by atoms with E-state index in [1.807, 2.05) is 30.3 Å². The van der Waals surface area contributed by atoms with Crippen LogP contribution < -0.4 is 0 Å². The lowest BCUT2D eigenvalue weighted by Crippen LogP contribution is -2.03. The highest BCUT2D eigenvalue weighted by atomic mass is 35.5. The molecule has 0 N–H and O–H groups in total. The van der Waals surface area contributed by atoms with Crippen molar-refractivity contribution in [3.63, 3.8) is 0 Å². The summed E-state index contributed by atoms with van der Waals surface area (Å²) < 4.78 is 4.02. The van der Waals surface area contributed by atoms with Crippen LogP contribution >= 0.6 is 11.9 Å². The predicted octanol–water partition coefficient (Wildman–Crippen LogP) is 2.48. The second kappa shape index (κ2) is 4.67. The smallest absolute Gasteiger partial charge is 0.343 e. The van der Waals surface area contributed by atoms with Crippen LogP contribution in [0.25, 0.3) is 0 Å². The average Bonchev–Trinajstić information content (AvgIpc) is 2.18. The summed E-state index contributed by atoms with van der Waals surface area (Å²) >= 11 is 4.90. The molecule has 2 nitrogen and oxygen atoms in total. The first kappa shape index (κ1) is 9.81. The molecule has 0 aromatic heterocycles. The fourth-order valence-corrected chi connectivity index (χ4v) is 1.08. The molecule has 0 aliphatic carbocycles. The van der Waals surface area contributed by atoms with Gasteiger partial charge in [0, 0.05) is 12.0 Å². The van der Waals surface area contributed by atoms with Gasteiger partial charge in [-0.25, -0.2) is 4.79 Å². The first-order valence-electron chi connectivity index (χ1n) is 3.78. The maximum Gasteiger partial charge on any atom is 0.351 e. The number of halogens is 1. The Bertz CT molecular complexity index is 306. The first-order valence-corrected chi connectivity index (χ1v) is 4.09. The SMILES string of the molecule is C=C(Cc1ccccc1)C(=O)OCl. The fourth-order valence-electron chi connectivity index (χ4n) is 0.969. The number of hydrogen-bond acceptors (Lipinski definition) is 2. The Kier molecular flexibility index (Phi) is 3.53. The van der Waals surface area contributed by atoms with Crippen LogP contribution in [0.15, 0.2) is 42.5 Å². The van der Waals surface area contributed by atoms with E-state index in [0.717, 1.165) is 5.56 Å². The molecule has 0 aliphatic heterocycles.